The summed E-state index contributed by atoms with van der Waals surface area (Å²) in [6.07, 6.45) is -8.38. The van der Waals surface area contributed by atoms with Gasteiger partial charge in [0, 0.05) is 12.8 Å². The molecule has 1 aliphatic carbocycles. The van der Waals surface area contributed by atoms with E-state index in [0.717, 1.165) is 0 Å². The Bertz CT molecular complexity index is 689. The Hall–Kier alpha value is -2.60. The second-order valence-electron chi connectivity index (χ2n) is 7.15. The standard InChI is InChI=1S/C21H32O11/c1-9-14(22)25-17-16(24)18(30-27-11(3)4)20(31-28-12(5)6)21(32-29-13(7)8)19(17)26-15(23)10-2/h16-21,24H,3,5,7,9-10H2,1-2,4,6,8H3. The van der Waals surface area contributed by atoms with Gasteiger partial charge in [-0.05, 0) is 20.8 Å². The maximum absolute atomic E-state index is 12.1. The summed E-state index contributed by atoms with van der Waals surface area (Å²) >= 11 is 0. The molecule has 0 amide bonds. The summed E-state index contributed by atoms with van der Waals surface area (Å²) in [7, 11) is 0. The molecule has 0 aromatic carbocycles. The number of carbonyl (C=O) groups excluding carboxylic acids is 2. The number of hydrogen-bond acceptors (Lipinski definition) is 11. The number of carbonyl (C=O) groups is 2. The molecular weight excluding hydrogens is 428 g/mol. The number of hydrogen-bond donors (Lipinski definition) is 1. The largest absolute Gasteiger partial charge is 0.455 e. The van der Waals surface area contributed by atoms with Crippen molar-refractivity contribution in [1.29, 1.82) is 0 Å². The topological polar surface area (TPSA) is 128 Å². The molecule has 182 valence electrons. The maximum Gasteiger partial charge on any atom is 0.306 e. The van der Waals surface area contributed by atoms with Crippen LogP contribution in [-0.4, -0.2) is 53.7 Å². The van der Waals surface area contributed by atoms with E-state index in [1.54, 1.807) is 13.8 Å². The molecule has 0 radical (unpaired) electrons. The molecule has 1 N–H and O–H groups in total. The predicted octanol–water partition coefficient (Wildman–Crippen LogP) is 2.56. The first-order chi connectivity index (χ1) is 15.0. The van der Waals surface area contributed by atoms with Crippen molar-refractivity contribution < 1.29 is 53.5 Å². The third-order valence-corrected chi connectivity index (χ3v) is 3.99. The van der Waals surface area contributed by atoms with Crippen LogP contribution in [0.3, 0.4) is 0 Å². The van der Waals surface area contributed by atoms with Gasteiger partial charge in [0.2, 0.25) is 0 Å². The van der Waals surface area contributed by atoms with Crippen LogP contribution >= 0.6 is 0 Å². The molecule has 0 bridgehead atoms. The van der Waals surface area contributed by atoms with Gasteiger partial charge in [-0.3, -0.25) is 9.59 Å². The SMILES string of the molecule is C=C(C)OOC1C(O)C(OC(=O)CC)C(OC(=O)CC)C(OOC(=C)C)C1OOC(=C)C. The average Bonchev–Trinajstić information content (AvgIpc) is 2.72. The molecule has 1 saturated carbocycles. The van der Waals surface area contributed by atoms with Gasteiger partial charge in [-0.2, -0.15) is 14.7 Å². The van der Waals surface area contributed by atoms with E-state index in [2.05, 4.69) is 19.7 Å². The summed E-state index contributed by atoms with van der Waals surface area (Å²) < 4.78 is 10.8. The van der Waals surface area contributed by atoms with Crippen molar-refractivity contribution in [2.24, 2.45) is 0 Å². The lowest BCUT2D eigenvalue weighted by molar-refractivity contribution is -0.439. The van der Waals surface area contributed by atoms with Gasteiger partial charge in [0.15, 0.2) is 30.5 Å². The summed E-state index contributed by atoms with van der Waals surface area (Å²) in [6, 6.07) is 0. The monoisotopic (exact) mass is 460 g/mol. The molecule has 0 aromatic heterocycles. The Morgan fingerprint density at radius 2 is 1.00 bits per heavy atom. The van der Waals surface area contributed by atoms with Crippen molar-refractivity contribution in [2.75, 3.05) is 0 Å². The van der Waals surface area contributed by atoms with Gasteiger partial charge in [0.1, 0.15) is 23.4 Å². The summed E-state index contributed by atoms with van der Waals surface area (Å²) in [4.78, 5) is 55.4. The molecule has 6 unspecified atom stereocenters. The number of aliphatic hydroxyl groups excluding tert-OH is 1. The Labute approximate surface area is 187 Å². The fraction of sp³-hybridized carbons (Fsp3) is 0.619. The molecular formula is C21H32O11. The number of aliphatic hydroxyl groups is 1. The van der Waals surface area contributed by atoms with Gasteiger partial charge in [0.25, 0.3) is 0 Å². The van der Waals surface area contributed by atoms with E-state index >= 15 is 0 Å². The Morgan fingerprint density at radius 3 is 1.38 bits per heavy atom. The van der Waals surface area contributed by atoms with Gasteiger partial charge in [-0.1, -0.05) is 33.6 Å². The second-order valence-corrected chi connectivity index (χ2v) is 7.15. The highest BCUT2D eigenvalue weighted by Gasteiger charge is 2.59. The van der Waals surface area contributed by atoms with E-state index in [-0.39, 0.29) is 30.1 Å². The zero-order valence-electron chi connectivity index (χ0n) is 19.0. The quantitative estimate of drug-likeness (QED) is 0.188. The average molecular weight is 460 g/mol. The third-order valence-electron chi connectivity index (χ3n) is 3.99. The fourth-order valence-electron chi connectivity index (χ4n) is 2.62. The molecule has 1 aliphatic rings. The van der Waals surface area contributed by atoms with Gasteiger partial charge < -0.3 is 29.2 Å². The van der Waals surface area contributed by atoms with Gasteiger partial charge >= 0.3 is 11.9 Å². The van der Waals surface area contributed by atoms with Crippen LogP contribution in [0.1, 0.15) is 47.5 Å². The van der Waals surface area contributed by atoms with Crippen molar-refractivity contribution >= 4 is 11.9 Å². The molecule has 1 rings (SSSR count). The van der Waals surface area contributed by atoms with Crippen molar-refractivity contribution in [1.82, 2.24) is 0 Å². The Kier molecular flexibility index (Phi) is 11.2. The van der Waals surface area contributed by atoms with Crippen molar-refractivity contribution in [2.45, 2.75) is 84.1 Å². The molecule has 6 atom stereocenters. The van der Waals surface area contributed by atoms with E-state index in [9.17, 15) is 14.7 Å². The van der Waals surface area contributed by atoms with Crippen LogP contribution in [0.2, 0.25) is 0 Å². The fourth-order valence-corrected chi connectivity index (χ4v) is 2.62. The van der Waals surface area contributed by atoms with Gasteiger partial charge in [0.05, 0.1) is 0 Å². The molecule has 0 saturated heterocycles. The highest BCUT2D eigenvalue weighted by atomic mass is 17.2. The Morgan fingerprint density at radius 1 is 0.656 bits per heavy atom. The maximum atomic E-state index is 12.1. The summed E-state index contributed by atoms with van der Waals surface area (Å²) in [5.41, 5.74) is 0. The van der Waals surface area contributed by atoms with Crippen molar-refractivity contribution in [3.63, 3.8) is 0 Å². The molecule has 1 fully saturated rings. The van der Waals surface area contributed by atoms with Gasteiger partial charge in [-0.15, -0.1) is 0 Å². The highest BCUT2D eigenvalue weighted by molar-refractivity contribution is 5.70. The number of esters is 2. The number of ether oxygens (including phenoxy) is 2. The Balaban J connectivity index is 3.45. The molecule has 0 spiro atoms. The molecule has 0 heterocycles. The third kappa shape index (κ3) is 8.15. The molecule has 11 nitrogen and oxygen atoms in total. The van der Waals surface area contributed by atoms with E-state index in [1.807, 2.05) is 0 Å². The number of allylic oxidation sites excluding steroid dienone is 3. The molecule has 0 aromatic rings. The van der Waals surface area contributed by atoms with Crippen LogP contribution in [-0.2, 0) is 48.4 Å². The summed E-state index contributed by atoms with van der Waals surface area (Å²) in [5.74, 6) is -0.826. The van der Waals surface area contributed by atoms with Crippen LogP contribution in [0.4, 0.5) is 0 Å². The van der Waals surface area contributed by atoms with Crippen LogP contribution in [0.15, 0.2) is 37.0 Å². The van der Waals surface area contributed by atoms with E-state index in [0.29, 0.717) is 0 Å². The summed E-state index contributed by atoms with van der Waals surface area (Å²) in [6.45, 7) is 18.4. The molecule has 32 heavy (non-hydrogen) atoms. The van der Waals surface area contributed by atoms with E-state index in [4.69, 9.17) is 38.8 Å². The molecule has 0 aliphatic heterocycles. The van der Waals surface area contributed by atoms with Crippen LogP contribution < -0.4 is 0 Å². The van der Waals surface area contributed by atoms with E-state index < -0.39 is 48.6 Å². The highest BCUT2D eigenvalue weighted by Crippen LogP contribution is 2.34. The van der Waals surface area contributed by atoms with Crippen LogP contribution in [0.5, 0.6) is 0 Å². The normalized spacial score (nSPS) is 27.1. The summed E-state index contributed by atoms with van der Waals surface area (Å²) in [5, 5.41) is 11.0. The minimum absolute atomic E-state index is 0.00158. The molecule has 11 heteroatoms. The zero-order valence-corrected chi connectivity index (χ0v) is 19.0. The lowest BCUT2D eigenvalue weighted by Gasteiger charge is -2.44. The van der Waals surface area contributed by atoms with Crippen LogP contribution in [0.25, 0.3) is 0 Å². The minimum atomic E-state index is -1.59. The van der Waals surface area contributed by atoms with Crippen molar-refractivity contribution in [3.05, 3.63) is 37.0 Å². The smallest absolute Gasteiger partial charge is 0.306 e. The minimum Gasteiger partial charge on any atom is -0.455 e. The lowest BCUT2D eigenvalue weighted by Crippen LogP contribution is -2.67. The van der Waals surface area contributed by atoms with Gasteiger partial charge in [-0.25, -0.2) is 0 Å². The lowest BCUT2D eigenvalue weighted by atomic mass is 9.84. The second kappa shape index (κ2) is 13.1. The first-order valence-corrected chi connectivity index (χ1v) is 10.0. The van der Waals surface area contributed by atoms with E-state index in [1.165, 1.54) is 20.8 Å². The van der Waals surface area contributed by atoms with Crippen LogP contribution in [0, 0.1) is 0 Å². The first-order valence-electron chi connectivity index (χ1n) is 10.0. The first kappa shape index (κ1) is 27.4. The zero-order chi connectivity index (χ0) is 24.4. The predicted molar refractivity (Wildman–Crippen MR) is 109 cm³/mol. The number of rotatable bonds is 13. The van der Waals surface area contributed by atoms with Crippen molar-refractivity contribution in [3.8, 4) is 0 Å².